The van der Waals surface area contributed by atoms with Crippen molar-refractivity contribution in [3.05, 3.63) is 83.9 Å². The fourth-order valence-corrected chi connectivity index (χ4v) is 3.24. The van der Waals surface area contributed by atoms with Crippen molar-refractivity contribution < 1.29 is 9.90 Å². The number of aliphatic imine (C=N–C) groups is 1. The Bertz CT molecular complexity index is 1220. The number of hydrogen-bond donors (Lipinski definition) is 4. The van der Waals surface area contributed by atoms with Crippen LogP contribution in [0.1, 0.15) is 22.8 Å². The summed E-state index contributed by atoms with van der Waals surface area (Å²) >= 11 is 0. The van der Waals surface area contributed by atoms with Crippen LogP contribution in [0, 0.1) is 0 Å². The highest BCUT2D eigenvalue weighted by atomic mass is 16.3. The molecular formula is C23H20N4O2. The number of nitrogens with two attached hydrogens (primary N) is 1. The smallest absolute Gasteiger partial charge is 0.255 e. The molecule has 6 heteroatoms. The minimum atomic E-state index is -0.246. The predicted octanol–water partition coefficient (Wildman–Crippen LogP) is 4.85. The standard InChI is InChI=1S/C23H20N4O2/c1-14(21-17-6-2-4-8-19(17)26-23(21)29)25-16-12-10-15(11-13-16)22(28)27-20-9-5-3-7-18(20)24/h2-13,26,29H,24H2,1H3,(H,27,28). The number of hydrogen-bond acceptors (Lipinski definition) is 4. The van der Waals surface area contributed by atoms with Gasteiger partial charge in [-0.05, 0) is 49.4 Å². The lowest BCUT2D eigenvalue weighted by atomic mass is 10.1. The predicted molar refractivity (Wildman–Crippen MR) is 117 cm³/mol. The van der Waals surface area contributed by atoms with Crippen LogP contribution in [0.5, 0.6) is 5.88 Å². The number of nitrogens with zero attached hydrogens (tertiary/aromatic N) is 1. The maximum atomic E-state index is 12.4. The molecule has 0 saturated carbocycles. The van der Waals surface area contributed by atoms with Gasteiger partial charge in [0.25, 0.3) is 5.91 Å². The Labute approximate surface area is 167 Å². The van der Waals surface area contributed by atoms with Crippen LogP contribution in [0.4, 0.5) is 17.1 Å². The van der Waals surface area contributed by atoms with Gasteiger partial charge in [0.05, 0.1) is 28.3 Å². The highest BCUT2D eigenvalue weighted by Crippen LogP contribution is 2.29. The van der Waals surface area contributed by atoms with Crippen LogP contribution >= 0.6 is 0 Å². The van der Waals surface area contributed by atoms with E-state index < -0.39 is 0 Å². The average molecular weight is 384 g/mol. The molecule has 0 bridgehead atoms. The highest BCUT2D eigenvalue weighted by Gasteiger charge is 2.13. The van der Waals surface area contributed by atoms with E-state index in [0.29, 0.717) is 33.9 Å². The second kappa shape index (κ2) is 7.52. The van der Waals surface area contributed by atoms with Gasteiger partial charge in [-0.15, -0.1) is 0 Å². The molecule has 6 nitrogen and oxygen atoms in total. The number of H-pyrrole nitrogens is 1. The molecule has 29 heavy (non-hydrogen) atoms. The summed E-state index contributed by atoms with van der Waals surface area (Å²) < 4.78 is 0. The summed E-state index contributed by atoms with van der Waals surface area (Å²) in [6, 6.07) is 21.7. The summed E-state index contributed by atoms with van der Waals surface area (Å²) in [5, 5.41) is 14.0. The van der Waals surface area contributed by atoms with Gasteiger partial charge in [0.15, 0.2) is 5.88 Å². The Morgan fingerprint density at radius 3 is 2.45 bits per heavy atom. The Hall–Kier alpha value is -4.06. The summed E-state index contributed by atoms with van der Waals surface area (Å²) in [5.74, 6) is -0.159. The number of anilines is 2. The van der Waals surface area contributed by atoms with E-state index in [4.69, 9.17) is 5.73 Å². The van der Waals surface area contributed by atoms with Crippen molar-refractivity contribution in [2.45, 2.75) is 6.92 Å². The molecule has 144 valence electrons. The van der Waals surface area contributed by atoms with Gasteiger partial charge < -0.3 is 21.1 Å². The summed E-state index contributed by atoms with van der Waals surface area (Å²) in [4.78, 5) is 20.0. The molecule has 0 aliphatic heterocycles. The number of para-hydroxylation sites is 3. The first-order valence-corrected chi connectivity index (χ1v) is 9.14. The monoisotopic (exact) mass is 384 g/mol. The molecule has 4 rings (SSSR count). The molecular weight excluding hydrogens is 364 g/mol. The first-order chi connectivity index (χ1) is 14.0. The Morgan fingerprint density at radius 1 is 1.00 bits per heavy atom. The third kappa shape index (κ3) is 3.68. The van der Waals surface area contributed by atoms with Gasteiger partial charge in [0.2, 0.25) is 0 Å². The van der Waals surface area contributed by atoms with E-state index in [-0.39, 0.29) is 11.8 Å². The van der Waals surface area contributed by atoms with Crippen molar-refractivity contribution in [1.82, 2.24) is 4.98 Å². The number of nitrogen functional groups attached to an aromatic ring is 1. The largest absolute Gasteiger partial charge is 0.494 e. The molecule has 0 atom stereocenters. The van der Waals surface area contributed by atoms with Gasteiger partial charge in [-0.25, -0.2) is 0 Å². The zero-order valence-electron chi connectivity index (χ0n) is 15.8. The van der Waals surface area contributed by atoms with Crippen LogP contribution in [-0.4, -0.2) is 21.7 Å². The summed E-state index contributed by atoms with van der Waals surface area (Å²) in [7, 11) is 0. The minimum Gasteiger partial charge on any atom is -0.494 e. The van der Waals surface area contributed by atoms with Gasteiger partial charge in [0, 0.05) is 16.5 Å². The van der Waals surface area contributed by atoms with E-state index >= 15 is 0 Å². The van der Waals surface area contributed by atoms with E-state index in [9.17, 15) is 9.90 Å². The fourth-order valence-electron chi connectivity index (χ4n) is 3.24. The van der Waals surface area contributed by atoms with E-state index in [0.717, 1.165) is 10.9 Å². The number of nitrogens with one attached hydrogen (secondary N) is 2. The maximum absolute atomic E-state index is 12.4. The number of aromatic nitrogens is 1. The highest BCUT2D eigenvalue weighted by molar-refractivity contribution is 6.12. The van der Waals surface area contributed by atoms with Crippen LogP contribution < -0.4 is 11.1 Å². The molecule has 0 aliphatic carbocycles. The number of aromatic hydroxyl groups is 1. The minimum absolute atomic E-state index is 0.0869. The maximum Gasteiger partial charge on any atom is 0.255 e. The number of rotatable bonds is 4. The topological polar surface area (TPSA) is 104 Å². The third-order valence-corrected chi connectivity index (χ3v) is 4.68. The second-order valence-corrected chi connectivity index (χ2v) is 6.68. The van der Waals surface area contributed by atoms with Crippen molar-refractivity contribution >= 4 is 39.6 Å². The van der Waals surface area contributed by atoms with E-state index in [2.05, 4.69) is 15.3 Å². The van der Waals surface area contributed by atoms with Crippen molar-refractivity contribution in [2.75, 3.05) is 11.1 Å². The number of fused-ring (bicyclic) bond motifs is 1. The molecule has 1 amide bonds. The van der Waals surface area contributed by atoms with Gasteiger partial charge in [-0.3, -0.25) is 9.79 Å². The molecule has 0 unspecified atom stereocenters. The van der Waals surface area contributed by atoms with E-state index in [1.54, 1.807) is 36.4 Å². The van der Waals surface area contributed by atoms with Gasteiger partial charge in [0.1, 0.15) is 0 Å². The van der Waals surface area contributed by atoms with Gasteiger partial charge >= 0.3 is 0 Å². The zero-order valence-corrected chi connectivity index (χ0v) is 15.8. The Balaban J connectivity index is 1.57. The third-order valence-electron chi connectivity index (χ3n) is 4.68. The van der Waals surface area contributed by atoms with Crippen LogP contribution in [0.2, 0.25) is 0 Å². The molecule has 0 spiro atoms. The lowest BCUT2D eigenvalue weighted by Gasteiger charge is -2.08. The number of carbonyl (C=O) groups is 1. The number of aromatic amines is 1. The van der Waals surface area contributed by atoms with Crippen molar-refractivity contribution in [3.63, 3.8) is 0 Å². The fraction of sp³-hybridized carbons (Fsp3) is 0.0435. The average Bonchev–Trinajstić information content (AvgIpc) is 3.06. The quantitative estimate of drug-likeness (QED) is 0.299. The molecule has 0 saturated heterocycles. The van der Waals surface area contributed by atoms with Crippen LogP contribution in [0.25, 0.3) is 10.9 Å². The Morgan fingerprint density at radius 2 is 1.69 bits per heavy atom. The van der Waals surface area contributed by atoms with Crippen LogP contribution in [0.15, 0.2) is 77.8 Å². The summed E-state index contributed by atoms with van der Waals surface area (Å²) in [6.45, 7) is 1.84. The normalized spacial score (nSPS) is 11.6. The first-order valence-electron chi connectivity index (χ1n) is 9.14. The lowest BCUT2D eigenvalue weighted by molar-refractivity contribution is 0.102. The second-order valence-electron chi connectivity index (χ2n) is 6.68. The number of benzene rings is 3. The number of amides is 1. The van der Waals surface area contributed by atoms with Crippen LogP contribution in [-0.2, 0) is 0 Å². The molecule has 1 heterocycles. The van der Waals surface area contributed by atoms with Crippen molar-refractivity contribution in [1.29, 1.82) is 0 Å². The molecule has 0 aliphatic rings. The first kappa shape index (κ1) is 18.3. The lowest BCUT2D eigenvalue weighted by Crippen LogP contribution is -2.12. The molecule has 5 N–H and O–H groups in total. The molecule has 4 aromatic rings. The Kier molecular flexibility index (Phi) is 4.75. The van der Waals surface area contributed by atoms with Gasteiger partial charge in [-0.1, -0.05) is 30.3 Å². The zero-order chi connectivity index (χ0) is 20.4. The molecule has 3 aromatic carbocycles. The molecule has 0 fully saturated rings. The summed E-state index contributed by atoms with van der Waals surface area (Å²) in [6.07, 6.45) is 0. The SMILES string of the molecule is CC(=Nc1ccc(C(=O)Nc2ccccc2N)cc1)c1c(O)[nH]c2ccccc12. The van der Waals surface area contributed by atoms with E-state index in [1.807, 2.05) is 43.3 Å². The van der Waals surface area contributed by atoms with Crippen LogP contribution in [0.3, 0.4) is 0 Å². The van der Waals surface area contributed by atoms with Gasteiger partial charge in [-0.2, -0.15) is 0 Å². The van der Waals surface area contributed by atoms with E-state index in [1.165, 1.54) is 0 Å². The molecule has 1 aromatic heterocycles. The van der Waals surface area contributed by atoms with Crippen molar-refractivity contribution in [2.24, 2.45) is 4.99 Å². The number of carbonyl (C=O) groups excluding carboxylic acids is 1. The summed E-state index contributed by atoms with van der Waals surface area (Å²) in [5.41, 5.74) is 10.3. The molecule has 0 radical (unpaired) electrons. The van der Waals surface area contributed by atoms with Crippen molar-refractivity contribution in [3.8, 4) is 5.88 Å².